The van der Waals surface area contributed by atoms with Crippen molar-refractivity contribution in [3.63, 3.8) is 0 Å². The maximum absolute atomic E-state index is 13.8. The number of benzene rings is 3. The van der Waals surface area contributed by atoms with Gasteiger partial charge in [-0.15, -0.1) is 0 Å². The Hall–Kier alpha value is -3.63. The van der Waals surface area contributed by atoms with Gasteiger partial charge in [0, 0.05) is 11.1 Å². The number of sulfonamides is 1. The fourth-order valence-corrected chi connectivity index (χ4v) is 5.45. The Balaban J connectivity index is 1.80. The van der Waals surface area contributed by atoms with E-state index in [4.69, 9.17) is 30.5 Å². The van der Waals surface area contributed by atoms with Crippen molar-refractivity contribution in [2.24, 2.45) is 0 Å². The van der Waals surface area contributed by atoms with Crippen LogP contribution < -0.4 is 28.6 Å². The van der Waals surface area contributed by atoms with Crippen LogP contribution in [0, 0.1) is 0 Å². The van der Waals surface area contributed by atoms with Crippen LogP contribution in [0.25, 0.3) is 0 Å². The smallest absolute Gasteiger partial charge is 0.265 e. The first-order chi connectivity index (χ1) is 18.7. The normalized spacial score (nSPS) is 11.0. The van der Waals surface area contributed by atoms with Gasteiger partial charge in [0.25, 0.3) is 10.0 Å². The van der Waals surface area contributed by atoms with Crippen molar-refractivity contribution in [3.8, 4) is 23.0 Å². The van der Waals surface area contributed by atoms with Crippen LogP contribution in [0.3, 0.4) is 0 Å². The number of nitrogens with one attached hydrogen (secondary N) is 1. The van der Waals surface area contributed by atoms with E-state index < -0.39 is 22.5 Å². The molecule has 0 radical (unpaired) electrons. The van der Waals surface area contributed by atoms with Gasteiger partial charge in [0.2, 0.25) is 5.91 Å². The molecule has 0 saturated heterocycles. The number of carbonyl (C=O) groups is 1. The molecule has 3 rings (SSSR count). The lowest BCUT2D eigenvalue weighted by molar-refractivity contribution is -0.119. The molecule has 0 bridgehead atoms. The summed E-state index contributed by atoms with van der Waals surface area (Å²) in [7, 11) is -0.0157. The topological polar surface area (TPSA) is 103 Å². The Kier molecular flexibility index (Phi) is 10.7. The molecule has 0 saturated carbocycles. The highest BCUT2D eigenvalue weighted by molar-refractivity contribution is 7.92. The van der Waals surface area contributed by atoms with Crippen molar-refractivity contribution < 1.29 is 32.2 Å². The molecule has 0 spiro atoms. The molecule has 3 aromatic carbocycles. The monoisotopic (exact) mass is 576 g/mol. The van der Waals surface area contributed by atoms with Crippen LogP contribution in [0.2, 0.25) is 5.02 Å². The third-order valence-electron chi connectivity index (χ3n) is 5.79. The molecular formula is C28H33ClN2O7S. The molecule has 3 aromatic rings. The third-order valence-corrected chi connectivity index (χ3v) is 7.79. The number of rotatable bonds is 14. The Labute approximate surface area is 234 Å². The second-order valence-electron chi connectivity index (χ2n) is 8.44. The van der Waals surface area contributed by atoms with Crippen LogP contribution >= 0.6 is 11.6 Å². The van der Waals surface area contributed by atoms with E-state index >= 15 is 0 Å². The number of hydrogen-bond acceptors (Lipinski definition) is 7. The molecule has 0 aliphatic carbocycles. The van der Waals surface area contributed by atoms with E-state index in [1.54, 1.807) is 6.07 Å². The molecule has 0 aliphatic heterocycles. The number of halogens is 1. The lowest BCUT2D eigenvalue weighted by atomic mass is 10.1. The minimum atomic E-state index is -4.27. The van der Waals surface area contributed by atoms with Crippen LogP contribution in [0.4, 0.5) is 5.69 Å². The van der Waals surface area contributed by atoms with Crippen molar-refractivity contribution >= 4 is 33.2 Å². The molecule has 0 fully saturated rings. The largest absolute Gasteiger partial charge is 0.495 e. The Morgan fingerprint density at radius 3 is 2.21 bits per heavy atom. The molecule has 0 atom stereocenters. The van der Waals surface area contributed by atoms with Gasteiger partial charge in [0.05, 0.1) is 38.5 Å². The molecule has 0 heterocycles. The van der Waals surface area contributed by atoms with Crippen molar-refractivity contribution in [1.82, 2.24) is 5.32 Å². The van der Waals surface area contributed by atoms with E-state index in [0.29, 0.717) is 11.5 Å². The van der Waals surface area contributed by atoms with E-state index in [9.17, 15) is 13.2 Å². The number of ether oxygens (including phenoxy) is 4. The highest BCUT2D eigenvalue weighted by Gasteiger charge is 2.30. The molecule has 1 amide bonds. The van der Waals surface area contributed by atoms with Crippen LogP contribution in [-0.2, 0) is 21.2 Å². The van der Waals surface area contributed by atoms with Gasteiger partial charge in [-0.1, -0.05) is 37.1 Å². The van der Waals surface area contributed by atoms with Crippen LogP contribution in [-0.4, -0.2) is 55.4 Å². The second-order valence-corrected chi connectivity index (χ2v) is 10.7. The molecule has 0 aliphatic rings. The number of methoxy groups -OCH3 is 3. The number of amides is 1. The maximum atomic E-state index is 13.8. The number of anilines is 1. The molecule has 11 heteroatoms. The van der Waals surface area contributed by atoms with Gasteiger partial charge in [0.15, 0.2) is 11.5 Å². The van der Waals surface area contributed by atoms with Gasteiger partial charge >= 0.3 is 0 Å². The number of nitrogens with zero attached hydrogens (tertiary/aromatic N) is 1. The van der Waals surface area contributed by atoms with Gasteiger partial charge in [-0.05, 0) is 54.4 Å². The minimum Gasteiger partial charge on any atom is -0.495 e. The summed E-state index contributed by atoms with van der Waals surface area (Å²) < 4.78 is 50.2. The van der Waals surface area contributed by atoms with Crippen molar-refractivity contribution in [2.45, 2.75) is 24.7 Å². The summed E-state index contributed by atoms with van der Waals surface area (Å²) in [5, 5.41) is 2.99. The Morgan fingerprint density at radius 1 is 0.897 bits per heavy atom. The summed E-state index contributed by atoms with van der Waals surface area (Å²) in [6, 6.07) is 16.5. The van der Waals surface area contributed by atoms with E-state index in [2.05, 4.69) is 12.2 Å². The Bertz CT molecular complexity index is 1360. The predicted octanol–water partition coefficient (Wildman–Crippen LogP) is 4.71. The minimum absolute atomic E-state index is 0.107. The third kappa shape index (κ3) is 7.70. The lowest BCUT2D eigenvalue weighted by Gasteiger charge is -2.26. The first-order valence-electron chi connectivity index (χ1n) is 12.3. The highest BCUT2D eigenvalue weighted by Crippen LogP contribution is 2.37. The standard InChI is InChI=1S/C28H33ClN2O7S/c1-5-6-20-7-10-22(11-8-20)38-16-15-30-28(32)19-31(24-17-21(29)9-13-25(24)35-2)39(33,34)23-12-14-26(36-3)27(18-23)37-4/h7-14,17-18H,5-6,15-16,19H2,1-4H3,(H,30,32). The lowest BCUT2D eigenvalue weighted by Crippen LogP contribution is -2.42. The SMILES string of the molecule is CCCc1ccc(OCCNC(=O)CN(c2cc(Cl)ccc2OC)S(=O)(=O)c2ccc(OC)c(OC)c2)cc1. The fourth-order valence-electron chi connectivity index (χ4n) is 3.85. The average Bonchev–Trinajstić information content (AvgIpc) is 2.94. The number of carbonyl (C=O) groups excluding carboxylic acids is 1. The fraction of sp³-hybridized carbons (Fsp3) is 0.321. The number of hydrogen-bond donors (Lipinski definition) is 1. The summed E-state index contributed by atoms with van der Waals surface area (Å²) in [6.07, 6.45) is 2.06. The predicted molar refractivity (Wildman–Crippen MR) is 151 cm³/mol. The zero-order chi connectivity index (χ0) is 28.4. The molecule has 1 N–H and O–H groups in total. The van der Waals surface area contributed by atoms with E-state index in [-0.39, 0.29) is 40.3 Å². The van der Waals surface area contributed by atoms with E-state index in [0.717, 1.165) is 17.1 Å². The molecule has 39 heavy (non-hydrogen) atoms. The van der Waals surface area contributed by atoms with Crippen molar-refractivity contribution in [3.05, 3.63) is 71.2 Å². The van der Waals surface area contributed by atoms with Crippen LogP contribution in [0.1, 0.15) is 18.9 Å². The summed E-state index contributed by atoms with van der Waals surface area (Å²) in [4.78, 5) is 12.8. The molecule has 0 aromatic heterocycles. The van der Waals surface area contributed by atoms with E-state index in [1.807, 2.05) is 24.3 Å². The van der Waals surface area contributed by atoms with Gasteiger partial charge in [-0.3, -0.25) is 9.10 Å². The molecule has 9 nitrogen and oxygen atoms in total. The zero-order valence-corrected chi connectivity index (χ0v) is 24.0. The summed E-state index contributed by atoms with van der Waals surface area (Å²) >= 11 is 6.19. The second kappa shape index (κ2) is 14.0. The van der Waals surface area contributed by atoms with Gasteiger partial charge < -0.3 is 24.3 Å². The Morgan fingerprint density at radius 2 is 1.56 bits per heavy atom. The van der Waals surface area contributed by atoms with E-state index in [1.165, 1.54) is 57.2 Å². The van der Waals surface area contributed by atoms with Gasteiger partial charge in [0.1, 0.15) is 24.7 Å². The molecule has 0 unspecified atom stereocenters. The maximum Gasteiger partial charge on any atom is 0.265 e. The molecular weight excluding hydrogens is 544 g/mol. The average molecular weight is 577 g/mol. The summed E-state index contributed by atoms with van der Waals surface area (Å²) in [5.41, 5.74) is 1.34. The van der Waals surface area contributed by atoms with Crippen LogP contribution in [0.15, 0.2) is 65.6 Å². The highest BCUT2D eigenvalue weighted by atomic mass is 35.5. The molecule has 210 valence electrons. The first kappa shape index (κ1) is 29.9. The van der Waals surface area contributed by atoms with Crippen molar-refractivity contribution in [2.75, 3.05) is 45.3 Å². The van der Waals surface area contributed by atoms with Gasteiger partial charge in [-0.2, -0.15) is 0 Å². The van der Waals surface area contributed by atoms with Gasteiger partial charge in [-0.25, -0.2) is 8.42 Å². The summed E-state index contributed by atoms with van der Waals surface area (Å²) in [6.45, 7) is 1.98. The zero-order valence-electron chi connectivity index (χ0n) is 22.4. The first-order valence-corrected chi connectivity index (χ1v) is 14.1. The van der Waals surface area contributed by atoms with Crippen LogP contribution in [0.5, 0.6) is 23.0 Å². The number of aryl methyl sites for hydroxylation is 1. The van der Waals surface area contributed by atoms with Crippen molar-refractivity contribution in [1.29, 1.82) is 0 Å². The quantitative estimate of drug-likeness (QED) is 0.277. The summed E-state index contributed by atoms with van der Waals surface area (Å²) in [5.74, 6) is 0.960.